The number of aromatic hydroxyl groups is 1. The molecule has 0 saturated heterocycles. The summed E-state index contributed by atoms with van der Waals surface area (Å²) in [6.45, 7) is 2.89. The molecule has 0 fully saturated rings. The molecule has 0 bridgehead atoms. The van der Waals surface area contributed by atoms with E-state index >= 15 is 0 Å². The van der Waals surface area contributed by atoms with Crippen LogP contribution in [0.5, 0.6) is 5.75 Å². The highest BCUT2D eigenvalue weighted by Crippen LogP contribution is 2.11. The molecule has 0 spiro atoms. The second kappa shape index (κ2) is 7.45. The Hall–Kier alpha value is -1.99. The van der Waals surface area contributed by atoms with E-state index in [1.165, 1.54) is 0 Å². The third-order valence-electron chi connectivity index (χ3n) is 2.80. The second-order valence-electron chi connectivity index (χ2n) is 4.44. The van der Waals surface area contributed by atoms with Crippen molar-refractivity contribution in [1.29, 1.82) is 0 Å². The molecule has 1 amide bonds. The van der Waals surface area contributed by atoms with Gasteiger partial charge in [-0.3, -0.25) is 4.79 Å². The Morgan fingerprint density at radius 3 is 2.63 bits per heavy atom. The van der Waals surface area contributed by atoms with Gasteiger partial charge in [0.2, 0.25) is 5.91 Å². The van der Waals surface area contributed by atoms with E-state index in [2.05, 4.69) is 5.92 Å². The summed E-state index contributed by atoms with van der Waals surface area (Å²) in [7, 11) is 0. The van der Waals surface area contributed by atoms with Crippen LogP contribution in [0.2, 0.25) is 0 Å². The minimum absolute atomic E-state index is 0.132. The van der Waals surface area contributed by atoms with Gasteiger partial charge in [-0.1, -0.05) is 25.0 Å². The average Bonchev–Trinajstić information content (AvgIpc) is 2.40. The fourth-order valence-corrected chi connectivity index (χ4v) is 1.86. The molecule has 4 heteroatoms. The third-order valence-corrected chi connectivity index (χ3v) is 2.80. The zero-order chi connectivity index (χ0) is 14.3. The lowest BCUT2D eigenvalue weighted by molar-refractivity contribution is -0.132. The van der Waals surface area contributed by atoms with Crippen molar-refractivity contribution in [3.63, 3.8) is 0 Å². The van der Waals surface area contributed by atoms with Gasteiger partial charge >= 0.3 is 0 Å². The maximum Gasteiger partial charge on any atom is 0.240 e. The fraction of sp³-hybridized carbons (Fsp3) is 0.400. The quantitative estimate of drug-likeness (QED) is 0.754. The minimum atomic E-state index is -0.607. The molecule has 3 N–H and O–H groups in total. The van der Waals surface area contributed by atoms with E-state index in [1.54, 1.807) is 29.2 Å². The first-order chi connectivity index (χ1) is 9.08. The normalized spacial score (nSPS) is 11.6. The van der Waals surface area contributed by atoms with Crippen LogP contribution in [-0.4, -0.2) is 35.0 Å². The number of phenolic OH excluding ortho intramolecular Hbond substituents is 1. The van der Waals surface area contributed by atoms with Crippen LogP contribution in [0.3, 0.4) is 0 Å². The SMILES string of the molecule is C#CCN(CCC)C(=O)[C@@H](N)Cc1ccc(O)cc1. The number of carbonyl (C=O) groups excluding carboxylic acids is 1. The minimum Gasteiger partial charge on any atom is -0.508 e. The molecule has 1 rings (SSSR count). The van der Waals surface area contributed by atoms with Gasteiger partial charge in [0, 0.05) is 6.54 Å². The van der Waals surface area contributed by atoms with Gasteiger partial charge in [0.1, 0.15) is 5.75 Å². The van der Waals surface area contributed by atoms with Crippen molar-refractivity contribution in [2.24, 2.45) is 5.73 Å². The second-order valence-corrected chi connectivity index (χ2v) is 4.44. The van der Waals surface area contributed by atoms with E-state index in [9.17, 15) is 9.90 Å². The van der Waals surface area contributed by atoms with Gasteiger partial charge < -0.3 is 15.7 Å². The highest BCUT2D eigenvalue weighted by molar-refractivity contribution is 5.82. The number of nitrogens with zero attached hydrogens (tertiary/aromatic N) is 1. The number of benzene rings is 1. The van der Waals surface area contributed by atoms with Crippen molar-refractivity contribution in [1.82, 2.24) is 4.90 Å². The Balaban J connectivity index is 2.65. The maximum atomic E-state index is 12.2. The van der Waals surface area contributed by atoms with E-state index in [-0.39, 0.29) is 18.2 Å². The smallest absolute Gasteiger partial charge is 0.240 e. The van der Waals surface area contributed by atoms with Crippen molar-refractivity contribution >= 4 is 5.91 Å². The predicted molar refractivity (Wildman–Crippen MR) is 75.5 cm³/mol. The van der Waals surface area contributed by atoms with E-state index in [0.717, 1.165) is 12.0 Å². The van der Waals surface area contributed by atoms with Crippen LogP contribution in [0.15, 0.2) is 24.3 Å². The van der Waals surface area contributed by atoms with Crippen molar-refractivity contribution in [3.05, 3.63) is 29.8 Å². The summed E-state index contributed by atoms with van der Waals surface area (Å²) in [5.74, 6) is 2.54. The van der Waals surface area contributed by atoms with E-state index in [4.69, 9.17) is 12.2 Å². The molecule has 0 aliphatic carbocycles. The van der Waals surface area contributed by atoms with Crippen molar-refractivity contribution in [3.8, 4) is 18.1 Å². The van der Waals surface area contributed by atoms with Crippen LogP contribution in [0.1, 0.15) is 18.9 Å². The monoisotopic (exact) mass is 260 g/mol. The van der Waals surface area contributed by atoms with Crippen LogP contribution < -0.4 is 5.73 Å². The number of rotatable bonds is 6. The zero-order valence-corrected chi connectivity index (χ0v) is 11.2. The zero-order valence-electron chi connectivity index (χ0n) is 11.2. The maximum absolute atomic E-state index is 12.2. The van der Waals surface area contributed by atoms with E-state index in [1.807, 2.05) is 6.92 Å². The van der Waals surface area contributed by atoms with Crippen molar-refractivity contribution in [2.45, 2.75) is 25.8 Å². The summed E-state index contributed by atoms with van der Waals surface area (Å²) in [6.07, 6.45) is 6.54. The number of amides is 1. The molecule has 0 aromatic heterocycles. The fourth-order valence-electron chi connectivity index (χ4n) is 1.86. The summed E-state index contributed by atoms with van der Waals surface area (Å²) < 4.78 is 0. The van der Waals surface area contributed by atoms with Crippen LogP contribution in [0, 0.1) is 12.3 Å². The largest absolute Gasteiger partial charge is 0.508 e. The molecule has 1 aromatic carbocycles. The standard InChI is InChI=1S/C15H20N2O2/c1-3-9-17(10-4-2)15(19)14(16)11-12-5-7-13(18)8-6-12/h1,5-8,14,18H,4,9-11,16H2,2H3/t14-/m0/s1. The highest BCUT2D eigenvalue weighted by Gasteiger charge is 2.20. The summed E-state index contributed by atoms with van der Waals surface area (Å²) in [5, 5.41) is 9.20. The van der Waals surface area contributed by atoms with Gasteiger partial charge in [0.15, 0.2) is 0 Å². The summed E-state index contributed by atoms with van der Waals surface area (Å²) in [6, 6.07) is 6.07. The number of hydrogen-bond donors (Lipinski definition) is 2. The van der Waals surface area contributed by atoms with Gasteiger partial charge in [-0.15, -0.1) is 6.42 Å². The van der Waals surface area contributed by atoms with Gasteiger partial charge in [0.25, 0.3) is 0 Å². The van der Waals surface area contributed by atoms with Crippen LogP contribution in [0.25, 0.3) is 0 Å². The highest BCUT2D eigenvalue weighted by atomic mass is 16.3. The summed E-state index contributed by atoms with van der Waals surface area (Å²) in [4.78, 5) is 13.8. The lowest BCUT2D eigenvalue weighted by atomic mass is 10.1. The molecule has 0 aliphatic rings. The molecule has 19 heavy (non-hydrogen) atoms. The van der Waals surface area contributed by atoms with Crippen molar-refractivity contribution < 1.29 is 9.90 Å². The molecule has 0 saturated carbocycles. The topological polar surface area (TPSA) is 66.6 Å². The van der Waals surface area contributed by atoms with Crippen molar-refractivity contribution in [2.75, 3.05) is 13.1 Å². The number of terminal acetylenes is 1. The summed E-state index contributed by atoms with van der Waals surface area (Å²) >= 11 is 0. The van der Waals surface area contributed by atoms with E-state index in [0.29, 0.717) is 13.0 Å². The molecule has 0 heterocycles. The average molecular weight is 260 g/mol. The number of hydrogen-bond acceptors (Lipinski definition) is 3. The lowest BCUT2D eigenvalue weighted by Crippen LogP contribution is -2.45. The van der Waals surface area contributed by atoms with Gasteiger partial charge in [-0.2, -0.15) is 0 Å². The van der Waals surface area contributed by atoms with Crippen LogP contribution in [-0.2, 0) is 11.2 Å². The van der Waals surface area contributed by atoms with Crippen LogP contribution in [0.4, 0.5) is 0 Å². The Kier molecular flexibility index (Phi) is 5.91. The van der Waals surface area contributed by atoms with Gasteiger partial charge in [-0.25, -0.2) is 0 Å². The molecule has 0 aliphatic heterocycles. The molecular formula is C15H20N2O2. The first kappa shape index (κ1) is 15.1. The summed E-state index contributed by atoms with van der Waals surface area (Å²) in [5.41, 5.74) is 6.84. The Labute approximate surface area is 114 Å². The number of carbonyl (C=O) groups is 1. The third kappa shape index (κ3) is 4.65. The molecule has 0 radical (unpaired) electrons. The molecule has 0 unspecified atom stereocenters. The van der Waals surface area contributed by atoms with E-state index < -0.39 is 6.04 Å². The van der Waals surface area contributed by atoms with Gasteiger partial charge in [-0.05, 0) is 30.5 Å². The number of nitrogens with two attached hydrogens (primary N) is 1. The Morgan fingerprint density at radius 1 is 1.47 bits per heavy atom. The first-order valence-electron chi connectivity index (χ1n) is 6.34. The molecule has 1 aromatic rings. The lowest BCUT2D eigenvalue weighted by Gasteiger charge is -2.23. The molecule has 102 valence electrons. The first-order valence-corrected chi connectivity index (χ1v) is 6.34. The predicted octanol–water partition coefficient (Wildman–Crippen LogP) is 1.13. The molecule has 4 nitrogen and oxygen atoms in total. The number of phenols is 1. The molecular weight excluding hydrogens is 240 g/mol. The Morgan fingerprint density at radius 2 is 2.11 bits per heavy atom. The van der Waals surface area contributed by atoms with Crippen LogP contribution >= 0.6 is 0 Å². The van der Waals surface area contributed by atoms with Gasteiger partial charge in [0.05, 0.1) is 12.6 Å². The molecule has 1 atom stereocenters. The Bertz CT molecular complexity index is 448.